The summed E-state index contributed by atoms with van der Waals surface area (Å²) in [4.78, 5) is 10.8. The highest BCUT2D eigenvalue weighted by Crippen LogP contribution is 2.35. The summed E-state index contributed by atoms with van der Waals surface area (Å²) in [5.41, 5.74) is -1.37. The second-order valence-electron chi connectivity index (χ2n) is 4.71. The summed E-state index contributed by atoms with van der Waals surface area (Å²) < 4.78 is 63.8. The Hall–Kier alpha value is -2.88. The number of halogens is 2. The first-order valence-corrected chi connectivity index (χ1v) is 8.15. The molecule has 0 aliphatic heterocycles. The van der Waals surface area contributed by atoms with Crippen LogP contribution in [-0.2, 0) is 10.0 Å². The van der Waals surface area contributed by atoms with E-state index < -0.39 is 43.8 Å². The number of aromatic carboxylic acids is 1. The normalized spacial score (nSPS) is 11.0. The van der Waals surface area contributed by atoms with E-state index in [0.29, 0.717) is 0 Å². The number of benzene rings is 2. The topological polar surface area (TPSA) is 102 Å². The molecule has 2 aromatic carbocycles. The van der Waals surface area contributed by atoms with Crippen molar-refractivity contribution in [3.63, 3.8) is 0 Å². The van der Waals surface area contributed by atoms with Crippen LogP contribution in [0.5, 0.6) is 11.5 Å². The van der Waals surface area contributed by atoms with Crippen LogP contribution in [0, 0.1) is 11.6 Å². The minimum absolute atomic E-state index is 0.170. The first kappa shape index (κ1) is 18.5. The molecule has 0 atom stereocenters. The number of nitrogens with one attached hydrogen (secondary N) is 1. The van der Waals surface area contributed by atoms with Gasteiger partial charge in [-0.3, -0.25) is 4.72 Å². The van der Waals surface area contributed by atoms with Crippen molar-refractivity contribution in [1.29, 1.82) is 0 Å². The second-order valence-corrected chi connectivity index (χ2v) is 6.40. The number of hydrogen-bond donors (Lipinski definition) is 2. The lowest BCUT2D eigenvalue weighted by molar-refractivity contribution is 0.0692. The number of hydrogen-bond acceptors (Lipinski definition) is 5. The highest BCUT2D eigenvalue weighted by molar-refractivity contribution is 7.92. The van der Waals surface area contributed by atoms with Gasteiger partial charge in [-0.2, -0.15) is 0 Å². The van der Waals surface area contributed by atoms with E-state index in [9.17, 15) is 27.1 Å². The van der Waals surface area contributed by atoms with Crippen LogP contribution in [-0.4, -0.2) is 33.7 Å². The number of carbonyl (C=O) groups is 1. The molecule has 0 aliphatic rings. The summed E-state index contributed by atoms with van der Waals surface area (Å²) in [5, 5.41) is 9.21. The lowest BCUT2D eigenvalue weighted by atomic mass is 10.2. The van der Waals surface area contributed by atoms with Gasteiger partial charge in [0.25, 0.3) is 10.0 Å². The maximum absolute atomic E-state index is 13.7. The van der Waals surface area contributed by atoms with Crippen LogP contribution >= 0.6 is 0 Å². The van der Waals surface area contributed by atoms with Crippen molar-refractivity contribution in [3.8, 4) is 11.5 Å². The zero-order valence-corrected chi connectivity index (χ0v) is 13.9. The van der Waals surface area contributed by atoms with E-state index in [-0.39, 0.29) is 11.5 Å². The SMILES string of the molecule is COc1cc(S(=O)(=O)Nc2c(F)cccc2F)cc(C(=O)O)c1OC. The lowest BCUT2D eigenvalue weighted by Crippen LogP contribution is -2.16. The molecular formula is C15H13F2NO6S. The molecule has 2 rings (SSSR count). The van der Waals surface area contributed by atoms with Gasteiger partial charge in [-0.25, -0.2) is 22.0 Å². The molecule has 7 nitrogen and oxygen atoms in total. The standard InChI is InChI=1S/C15H13F2NO6S/c1-23-12-7-8(6-9(15(19)20)14(12)24-2)25(21,22)18-13-10(16)4-3-5-11(13)17/h3-7,18H,1-2H3,(H,19,20). The van der Waals surface area contributed by atoms with Crippen molar-refractivity contribution < 1.29 is 36.6 Å². The average molecular weight is 373 g/mol. The molecule has 0 saturated carbocycles. The van der Waals surface area contributed by atoms with Crippen molar-refractivity contribution >= 4 is 21.7 Å². The van der Waals surface area contributed by atoms with E-state index in [1.165, 1.54) is 14.2 Å². The van der Waals surface area contributed by atoms with Gasteiger partial charge in [-0.05, 0) is 18.2 Å². The minimum Gasteiger partial charge on any atom is -0.493 e. The van der Waals surface area contributed by atoms with E-state index in [2.05, 4.69) is 0 Å². The van der Waals surface area contributed by atoms with Crippen LogP contribution < -0.4 is 14.2 Å². The van der Waals surface area contributed by atoms with E-state index in [1.807, 2.05) is 0 Å². The number of rotatable bonds is 6. The molecular weight excluding hydrogens is 360 g/mol. The first-order chi connectivity index (χ1) is 11.7. The monoisotopic (exact) mass is 373 g/mol. The highest BCUT2D eigenvalue weighted by Gasteiger charge is 2.25. The van der Waals surface area contributed by atoms with E-state index in [1.54, 1.807) is 4.72 Å². The largest absolute Gasteiger partial charge is 0.493 e. The molecule has 10 heteroatoms. The Labute approximate surface area is 141 Å². The van der Waals surface area contributed by atoms with Crippen molar-refractivity contribution in [1.82, 2.24) is 0 Å². The Morgan fingerprint density at radius 3 is 2.20 bits per heavy atom. The molecule has 0 aromatic heterocycles. The van der Waals surface area contributed by atoms with Crippen LogP contribution in [0.4, 0.5) is 14.5 Å². The summed E-state index contributed by atoms with van der Waals surface area (Å²) in [7, 11) is -2.13. The molecule has 134 valence electrons. The number of carboxylic acids is 1. The molecule has 2 N–H and O–H groups in total. The molecule has 0 spiro atoms. The van der Waals surface area contributed by atoms with Crippen LogP contribution in [0.15, 0.2) is 35.2 Å². The fourth-order valence-electron chi connectivity index (χ4n) is 2.04. The molecule has 0 fully saturated rings. The summed E-state index contributed by atoms with van der Waals surface area (Å²) in [6.45, 7) is 0. The fraction of sp³-hybridized carbons (Fsp3) is 0.133. The molecule has 2 aromatic rings. The summed E-state index contributed by atoms with van der Waals surface area (Å²) in [5.74, 6) is -4.07. The number of sulfonamides is 1. The first-order valence-electron chi connectivity index (χ1n) is 6.67. The van der Waals surface area contributed by atoms with Gasteiger partial charge in [-0.1, -0.05) is 6.07 Å². The van der Waals surface area contributed by atoms with Crippen LogP contribution in [0.3, 0.4) is 0 Å². The molecule has 0 amide bonds. The molecule has 0 aliphatic carbocycles. The number of ether oxygens (including phenoxy) is 2. The Morgan fingerprint density at radius 1 is 1.12 bits per heavy atom. The third-order valence-corrected chi connectivity index (χ3v) is 4.52. The number of methoxy groups -OCH3 is 2. The maximum atomic E-state index is 13.7. The van der Waals surface area contributed by atoms with Gasteiger partial charge in [-0.15, -0.1) is 0 Å². The third-order valence-electron chi connectivity index (χ3n) is 3.19. The molecule has 0 bridgehead atoms. The van der Waals surface area contributed by atoms with Gasteiger partial charge in [0.1, 0.15) is 22.9 Å². The number of anilines is 1. The quantitative estimate of drug-likeness (QED) is 0.807. The van der Waals surface area contributed by atoms with Gasteiger partial charge in [0.15, 0.2) is 11.5 Å². The van der Waals surface area contributed by atoms with Crippen LogP contribution in [0.1, 0.15) is 10.4 Å². The maximum Gasteiger partial charge on any atom is 0.339 e. The minimum atomic E-state index is -4.50. The van der Waals surface area contributed by atoms with E-state index in [0.717, 1.165) is 30.3 Å². The van der Waals surface area contributed by atoms with Crippen molar-refractivity contribution in [2.75, 3.05) is 18.9 Å². The lowest BCUT2D eigenvalue weighted by Gasteiger charge is -2.14. The zero-order valence-electron chi connectivity index (χ0n) is 13.0. The predicted molar refractivity (Wildman–Crippen MR) is 83.7 cm³/mol. The van der Waals surface area contributed by atoms with Gasteiger partial charge in [0.05, 0.1) is 19.1 Å². The number of carboxylic acid groups (broad SMARTS) is 1. The number of para-hydroxylation sites is 1. The molecule has 0 saturated heterocycles. The molecule has 25 heavy (non-hydrogen) atoms. The predicted octanol–water partition coefficient (Wildman–Crippen LogP) is 2.48. The Kier molecular flexibility index (Phi) is 5.12. The summed E-state index contributed by atoms with van der Waals surface area (Å²) in [6, 6.07) is 4.59. The van der Waals surface area contributed by atoms with Crippen LogP contribution in [0.25, 0.3) is 0 Å². The Morgan fingerprint density at radius 2 is 1.72 bits per heavy atom. The molecule has 0 radical (unpaired) electrons. The average Bonchev–Trinajstić information content (AvgIpc) is 2.56. The van der Waals surface area contributed by atoms with Crippen molar-refractivity contribution in [3.05, 3.63) is 47.5 Å². The van der Waals surface area contributed by atoms with Crippen LogP contribution in [0.2, 0.25) is 0 Å². The summed E-state index contributed by atoms with van der Waals surface area (Å²) in [6.07, 6.45) is 0. The van der Waals surface area contributed by atoms with Crippen molar-refractivity contribution in [2.45, 2.75) is 4.90 Å². The Bertz CT molecular complexity index is 910. The van der Waals surface area contributed by atoms with Gasteiger partial charge < -0.3 is 14.6 Å². The Balaban J connectivity index is 2.60. The molecule has 0 unspecified atom stereocenters. The third kappa shape index (κ3) is 3.63. The van der Waals surface area contributed by atoms with E-state index >= 15 is 0 Å². The van der Waals surface area contributed by atoms with Gasteiger partial charge in [0.2, 0.25) is 0 Å². The highest BCUT2D eigenvalue weighted by atomic mass is 32.2. The van der Waals surface area contributed by atoms with Gasteiger partial charge in [0, 0.05) is 6.07 Å². The second kappa shape index (κ2) is 6.93. The van der Waals surface area contributed by atoms with Gasteiger partial charge >= 0.3 is 5.97 Å². The van der Waals surface area contributed by atoms with Crippen molar-refractivity contribution in [2.24, 2.45) is 0 Å². The smallest absolute Gasteiger partial charge is 0.339 e. The van der Waals surface area contributed by atoms with E-state index in [4.69, 9.17) is 9.47 Å². The fourth-order valence-corrected chi connectivity index (χ4v) is 3.16. The zero-order chi connectivity index (χ0) is 18.8. The summed E-state index contributed by atoms with van der Waals surface area (Å²) >= 11 is 0. The molecule has 0 heterocycles.